The van der Waals surface area contributed by atoms with Gasteiger partial charge in [-0.2, -0.15) is 0 Å². The van der Waals surface area contributed by atoms with Crippen molar-refractivity contribution in [1.29, 1.82) is 0 Å². The summed E-state index contributed by atoms with van der Waals surface area (Å²) >= 11 is 0. The van der Waals surface area contributed by atoms with Crippen LogP contribution in [0.1, 0.15) is 6.42 Å². The Morgan fingerprint density at radius 2 is 2.11 bits per heavy atom. The van der Waals surface area contributed by atoms with Gasteiger partial charge in [-0.25, -0.2) is 0 Å². The van der Waals surface area contributed by atoms with Crippen LogP contribution in [0.25, 0.3) is 0 Å². The molecular formula is C5H14Cl2N2. The molecule has 0 saturated carbocycles. The molecule has 0 aromatic carbocycles. The number of hydrogen-bond donors (Lipinski definition) is 2. The van der Waals surface area contributed by atoms with E-state index in [1.54, 1.807) is 0 Å². The molecule has 0 aliphatic carbocycles. The molecule has 3 N–H and O–H groups in total. The highest BCUT2D eigenvalue weighted by Gasteiger charge is 2.10. The molecular weight excluding hydrogens is 159 g/mol. The number of nitrogens with one attached hydrogen (secondary N) is 1. The third-order valence-electron chi connectivity index (χ3n) is 1.50. The van der Waals surface area contributed by atoms with Crippen LogP contribution >= 0.6 is 24.8 Å². The zero-order valence-corrected chi connectivity index (χ0v) is 6.93. The van der Waals surface area contributed by atoms with Crippen molar-refractivity contribution in [3.8, 4) is 0 Å². The molecule has 0 radical (unpaired) electrons. The van der Waals surface area contributed by atoms with Gasteiger partial charge in [-0.05, 0) is 32.0 Å². The van der Waals surface area contributed by atoms with Gasteiger partial charge in [0.25, 0.3) is 0 Å². The first kappa shape index (κ1) is 12.2. The molecule has 1 heterocycles. The Kier molecular flexibility index (Phi) is 8.97. The third-order valence-corrected chi connectivity index (χ3v) is 1.50. The van der Waals surface area contributed by atoms with Crippen LogP contribution in [0.15, 0.2) is 0 Å². The number of nitrogens with two attached hydrogens (primary N) is 1. The van der Waals surface area contributed by atoms with Gasteiger partial charge in [0, 0.05) is 0 Å². The van der Waals surface area contributed by atoms with Gasteiger partial charge in [0.1, 0.15) is 0 Å². The molecule has 0 aromatic heterocycles. The van der Waals surface area contributed by atoms with Crippen LogP contribution in [-0.4, -0.2) is 19.6 Å². The number of rotatable bonds is 1. The molecule has 9 heavy (non-hydrogen) atoms. The predicted molar refractivity (Wildman–Crippen MR) is 44.5 cm³/mol. The second-order valence-corrected chi connectivity index (χ2v) is 2.09. The lowest BCUT2D eigenvalue weighted by atomic mass is 10.1. The fourth-order valence-electron chi connectivity index (χ4n) is 0.916. The average molecular weight is 173 g/mol. The molecule has 1 aliphatic heterocycles. The minimum Gasteiger partial charge on any atom is -0.330 e. The summed E-state index contributed by atoms with van der Waals surface area (Å²) in [5, 5.41) is 3.24. The van der Waals surface area contributed by atoms with Crippen molar-refractivity contribution in [3.63, 3.8) is 0 Å². The lowest BCUT2D eigenvalue weighted by Gasteiger charge is -1.98. The maximum atomic E-state index is 5.39. The third kappa shape index (κ3) is 3.98. The minimum absolute atomic E-state index is 0. The Balaban J connectivity index is 0. The lowest BCUT2D eigenvalue weighted by molar-refractivity contribution is 0.596. The maximum absolute atomic E-state index is 5.39. The van der Waals surface area contributed by atoms with E-state index in [-0.39, 0.29) is 24.8 Å². The fourth-order valence-corrected chi connectivity index (χ4v) is 0.916. The van der Waals surface area contributed by atoms with Crippen LogP contribution in [-0.2, 0) is 0 Å². The summed E-state index contributed by atoms with van der Waals surface area (Å²) in [6.45, 7) is 3.16. The quantitative estimate of drug-likeness (QED) is 0.602. The Bertz CT molecular complexity index is 54.9. The second-order valence-electron chi connectivity index (χ2n) is 2.09. The topological polar surface area (TPSA) is 38.0 Å². The van der Waals surface area contributed by atoms with Gasteiger partial charge in [0.05, 0.1) is 0 Å². The predicted octanol–water partition coefficient (Wildman–Crippen LogP) is 0.398. The van der Waals surface area contributed by atoms with Crippen LogP contribution in [0.5, 0.6) is 0 Å². The molecule has 1 aliphatic rings. The van der Waals surface area contributed by atoms with E-state index in [4.69, 9.17) is 5.73 Å². The highest BCUT2D eigenvalue weighted by atomic mass is 35.5. The molecule has 4 heteroatoms. The zero-order chi connectivity index (χ0) is 5.11. The van der Waals surface area contributed by atoms with Gasteiger partial charge >= 0.3 is 0 Å². The van der Waals surface area contributed by atoms with Crippen LogP contribution in [0.4, 0.5) is 0 Å². The highest BCUT2D eigenvalue weighted by molar-refractivity contribution is 5.85. The van der Waals surface area contributed by atoms with Crippen molar-refractivity contribution in [2.45, 2.75) is 6.42 Å². The summed E-state index contributed by atoms with van der Waals surface area (Å²) in [5.74, 6) is 0.764. The first-order valence-electron chi connectivity index (χ1n) is 2.84. The van der Waals surface area contributed by atoms with Crippen molar-refractivity contribution in [1.82, 2.24) is 5.32 Å². The molecule has 2 nitrogen and oxygen atoms in total. The largest absolute Gasteiger partial charge is 0.330 e. The van der Waals surface area contributed by atoms with E-state index in [0.717, 1.165) is 19.0 Å². The molecule has 1 rings (SSSR count). The van der Waals surface area contributed by atoms with E-state index >= 15 is 0 Å². The van der Waals surface area contributed by atoms with Crippen molar-refractivity contribution in [2.75, 3.05) is 19.6 Å². The Hall–Kier alpha value is 0.500. The SMILES string of the molecule is Cl.Cl.NC[C@H]1CCNC1. The van der Waals surface area contributed by atoms with E-state index in [9.17, 15) is 0 Å². The van der Waals surface area contributed by atoms with E-state index in [1.807, 2.05) is 0 Å². The van der Waals surface area contributed by atoms with Crippen molar-refractivity contribution in [2.24, 2.45) is 11.7 Å². The molecule has 0 amide bonds. The van der Waals surface area contributed by atoms with Gasteiger partial charge in [-0.15, -0.1) is 24.8 Å². The van der Waals surface area contributed by atoms with Crippen molar-refractivity contribution in [3.05, 3.63) is 0 Å². The summed E-state index contributed by atoms with van der Waals surface area (Å²) < 4.78 is 0. The van der Waals surface area contributed by atoms with E-state index < -0.39 is 0 Å². The molecule has 0 bridgehead atoms. The second kappa shape index (κ2) is 6.62. The number of halogens is 2. The molecule has 0 aromatic rings. The first-order chi connectivity index (χ1) is 3.43. The molecule has 0 unspecified atom stereocenters. The van der Waals surface area contributed by atoms with E-state index in [0.29, 0.717) is 0 Å². The van der Waals surface area contributed by atoms with Crippen molar-refractivity contribution >= 4 is 24.8 Å². The van der Waals surface area contributed by atoms with Gasteiger partial charge in [-0.1, -0.05) is 0 Å². The first-order valence-corrected chi connectivity index (χ1v) is 2.84. The summed E-state index contributed by atoms with van der Waals surface area (Å²) in [6.07, 6.45) is 1.27. The van der Waals surface area contributed by atoms with Crippen LogP contribution in [0.2, 0.25) is 0 Å². The van der Waals surface area contributed by atoms with Crippen LogP contribution in [0, 0.1) is 5.92 Å². The summed E-state index contributed by atoms with van der Waals surface area (Å²) in [7, 11) is 0. The van der Waals surface area contributed by atoms with E-state index in [2.05, 4.69) is 5.32 Å². The molecule has 1 atom stereocenters. The molecule has 1 fully saturated rings. The highest BCUT2D eigenvalue weighted by Crippen LogP contribution is 2.02. The maximum Gasteiger partial charge on any atom is -0.000798 e. The minimum atomic E-state index is 0. The standard InChI is InChI=1S/C5H12N2.2ClH/c6-3-5-1-2-7-4-5;;/h5,7H,1-4,6H2;2*1H/t5-;;/m1../s1. The smallest absolute Gasteiger partial charge is 0.000798 e. The average Bonchev–Trinajstić information content (AvgIpc) is 2.14. The van der Waals surface area contributed by atoms with Crippen molar-refractivity contribution < 1.29 is 0 Å². The van der Waals surface area contributed by atoms with Crippen LogP contribution in [0.3, 0.4) is 0 Å². The van der Waals surface area contributed by atoms with Gasteiger partial charge in [0.15, 0.2) is 0 Å². The molecule has 0 spiro atoms. The van der Waals surface area contributed by atoms with Crippen LogP contribution < -0.4 is 11.1 Å². The number of hydrogen-bond acceptors (Lipinski definition) is 2. The normalized spacial score (nSPS) is 24.3. The lowest BCUT2D eigenvalue weighted by Crippen LogP contribution is -2.16. The monoisotopic (exact) mass is 172 g/mol. The molecule has 1 saturated heterocycles. The fraction of sp³-hybridized carbons (Fsp3) is 1.00. The van der Waals surface area contributed by atoms with Gasteiger partial charge < -0.3 is 11.1 Å². The van der Waals surface area contributed by atoms with Gasteiger partial charge in [-0.3, -0.25) is 0 Å². The summed E-state index contributed by atoms with van der Waals surface area (Å²) in [5.41, 5.74) is 5.39. The Morgan fingerprint density at radius 3 is 2.33 bits per heavy atom. The molecule has 58 valence electrons. The Morgan fingerprint density at radius 1 is 1.44 bits per heavy atom. The zero-order valence-electron chi connectivity index (χ0n) is 5.30. The van der Waals surface area contributed by atoms with E-state index in [1.165, 1.54) is 13.0 Å². The van der Waals surface area contributed by atoms with Gasteiger partial charge in [0.2, 0.25) is 0 Å². The Labute approximate surface area is 68.4 Å². The summed E-state index contributed by atoms with van der Waals surface area (Å²) in [6, 6.07) is 0. The summed E-state index contributed by atoms with van der Waals surface area (Å²) in [4.78, 5) is 0.